The summed E-state index contributed by atoms with van der Waals surface area (Å²) in [4.78, 5) is 4.24. The highest BCUT2D eigenvalue weighted by Gasteiger charge is 2.16. The van der Waals surface area contributed by atoms with Crippen LogP contribution in [-0.4, -0.2) is 4.98 Å². The molecule has 3 aromatic rings. The Morgan fingerprint density at radius 2 is 1.17 bits per heavy atom. The molecular weight excluding hydrogens is 386 g/mol. The molecule has 0 atom stereocenters. The number of rotatable bonds is 2. The van der Waals surface area contributed by atoms with E-state index < -0.39 is 0 Å². The van der Waals surface area contributed by atoms with E-state index in [4.69, 9.17) is 46.4 Å². The molecule has 0 saturated carbocycles. The van der Waals surface area contributed by atoms with Gasteiger partial charge in [-0.2, -0.15) is 5.26 Å². The Morgan fingerprint density at radius 3 is 1.54 bits per heavy atom. The minimum Gasteiger partial charge on any atom is -0.263 e. The van der Waals surface area contributed by atoms with Crippen molar-refractivity contribution in [2.24, 2.45) is 0 Å². The van der Waals surface area contributed by atoms with Gasteiger partial charge >= 0.3 is 0 Å². The van der Waals surface area contributed by atoms with Gasteiger partial charge in [0.25, 0.3) is 0 Å². The number of nitriles is 1. The average Bonchev–Trinajstić information content (AvgIpc) is 2.54. The summed E-state index contributed by atoms with van der Waals surface area (Å²) in [6, 6.07) is 12.4. The third-order valence-corrected chi connectivity index (χ3v) is 4.60. The molecule has 0 saturated heterocycles. The lowest BCUT2D eigenvalue weighted by Gasteiger charge is -2.12. The van der Waals surface area contributed by atoms with E-state index in [0.29, 0.717) is 47.9 Å². The van der Waals surface area contributed by atoms with E-state index in [1.54, 1.807) is 48.8 Å². The molecule has 0 aliphatic heterocycles. The predicted octanol–water partition coefficient (Wildman–Crippen LogP) is 6.90. The molecule has 0 N–H and O–H groups in total. The molecule has 0 aliphatic carbocycles. The highest BCUT2D eigenvalue weighted by Crippen LogP contribution is 2.38. The molecule has 2 aromatic carbocycles. The molecule has 2 nitrogen and oxygen atoms in total. The number of benzene rings is 2. The molecule has 0 radical (unpaired) electrons. The van der Waals surface area contributed by atoms with E-state index in [9.17, 15) is 5.26 Å². The van der Waals surface area contributed by atoms with Gasteiger partial charge in [-0.15, -0.1) is 0 Å². The van der Waals surface area contributed by atoms with Gasteiger partial charge in [0.15, 0.2) is 0 Å². The first-order valence-corrected chi connectivity index (χ1v) is 8.31. The fourth-order valence-corrected chi connectivity index (χ4v) is 3.43. The van der Waals surface area contributed by atoms with Gasteiger partial charge < -0.3 is 0 Å². The summed E-state index contributed by atoms with van der Waals surface area (Å²) >= 11 is 24.4. The van der Waals surface area contributed by atoms with E-state index in [-0.39, 0.29) is 0 Å². The van der Waals surface area contributed by atoms with Gasteiger partial charge in [0, 0.05) is 54.7 Å². The van der Waals surface area contributed by atoms with Crippen LogP contribution in [0.3, 0.4) is 0 Å². The minimum absolute atomic E-state index is 0.429. The van der Waals surface area contributed by atoms with Crippen molar-refractivity contribution in [1.82, 2.24) is 4.98 Å². The van der Waals surface area contributed by atoms with Gasteiger partial charge in [-0.25, -0.2) is 0 Å². The second-order valence-electron chi connectivity index (χ2n) is 4.97. The third kappa shape index (κ3) is 3.22. The summed E-state index contributed by atoms with van der Waals surface area (Å²) in [7, 11) is 0. The van der Waals surface area contributed by atoms with E-state index in [1.165, 1.54) is 0 Å². The molecule has 3 rings (SSSR count). The Balaban J connectivity index is 2.26. The molecule has 0 amide bonds. The van der Waals surface area contributed by atoms with Crippen LogP contribution in [0.15, 0.2) is 48.8 Å². The number of pyridine rings is 1. The van der Waals surface area contributed by atoms with Gasteiger partial charge in [0.05, 0.1) is 5.56 Å². The predicted molar refractivity (Wildman–Crippen MR) is 99.9 cm³/mol. The Bertz CT molecular complexity index is 907. The first kappa shape index (κ1) is 17.1. The van der Waals surface area contributed by atoms with Crippen molar-refractivity contribution in [1.29, 1.82) is 5.26 Å². The number of hydrogen-bond donors (Lipinski definition) is 0. The second-order valence-corrected chi connectivity index (χ2v) is 6.66. The maximum absolute atomic E-state index is 9.70. The molecule has 6 heteroatoms. The number of hydrogen-bond acceptors (Lipinski definition) is 2. The van der Waals surface area contributed by atoms with Crippen molar-refractivity contribution in [3.63, 3.8) is 0 Å². The first-order valence-electron chi connectivity index (χ1n) is 6.80. The third-order valence-electron chi connectivity index (χ3n) is 3.50. The van der Waals surface area contributed by atoms with E-state index in [0.717, 1.165) is 0 Å². The molecule has 0 spiro atoms. The van der Waals surface area contributed by atoms with Crippen LogP contribution in [0.4, 0.5) is 0 Å². The van der Waals surface area contributed by atoms with Gasteiger partial charge in [0.1, 0.15) is 6.07 Å². The molecule has 24 heavy (non-hydrogen) atoms. The van der Waals surface area contributed by atoms with Gasteiger partial charge in [-0.05, 0) is 24.3 Å². The van der Waals surface area contributed by atoms with Crippen LogP contribution in [0.1, 0.15) is 5.56 Å². The number of nitrogens with zero attached hydrogens (tertiary/aromatic N) is 2. The molecule has 0 fully saturated rings. The highest BCUT2D eigenvalue weighted by molar-refractivity contribution is 6.37. The molecule has 0 bridgehead atoms. The number of aromatic nitrogens is 1. The van der Waals surface area contributed by atoms with Gasteiger partial charge in [-0.3, -0.25) is 4.98 Å². The molecular formula is C18H8Cl4N2. The topological polar surface area (TPSA) is 36.7 Å². The van der Waals surface area contributed by atoms with E-state index >= 15 is 0 Å². The zero-order valence-electron chi connectivity index (χ0n) is 12.0. The van der Waals surface area contributed by atoms with Crippen molar-refractivity contribution >= 4 is 46.4 Å². The smallest absolute Gasteiger partial charge is 0.101 e. The lowest BCUT2D eigenvalue weighted by molar-refractivity contribution is 1.31. The Hall–Kier alpha value is -1.76. The summed E-state index contributed by atoms with van der Waals surface area (Å²) in [5.74, 6) is 0. The molecule has 1 heterocycles. The summed E-state index contributed by atoms with van der Waals surface area (Å²) in [5, 5.41) is 11.6. The SMILES string of the molecule is N#Cc1c(-c2ccc(Cl)cc2Cl)cncc1-c1ccc(Cl)cc1Cl. The van der Waals surface area contributed by atoms with Gasteiger partial charge in [-0.1, -0.05) is 58.5 Å². The van der Waals surface area contributed by atoms with E-state index in [1.807, 2.05) is 0 Å². The zero-order valence-corrected chi connectivity index (χ0v) is 15.0. The van der Waals surface area contributed by atoms with Crippen LogP contribution in [0, 0.1) is 11.3 Å². The van der Waals surface area contributed by atoms with Crippen molar-refractivity contribution in [3.8, 4) is 28.3 Å². The van der Waals surface area contributed by atoms with Crippen molar-refractivity contribution in [2.45, 2.75) is 0 Å². The first-order chi connectivity index (χ1) is 11.5. The summed E-state index contributed by atoms with van der Waals surface area (Å²) < 4.78 is 0. The molecule has 0 unspecified atom stereocenters. The average molecular weight is 394 g/mol. The van der Waals surface area contributed by atoms with Crippen LogP contribution in [0.25, 0.3) is 22.3 Å². The second kappa shape index (κ2) is 7.01. The zero-order chi connectivity index (χ0) is 17.3. The Morgan fingerprint density at radius 1 is 0.708 bits per heavy atom. The highest BCUT2D eigenvalue weighted by atomic mass is 35.5. The summed E-state index contributed by atoms with van der Waals surface area (Å²) in [5.41, 5.74) is 3.01. The standard InChI is InChI=1S/C18H8Cl4N2/c19-10-1-3-12(17(21)5-10)15-8-24-9-16(14(15)7-23)13-4-2-11(20)6-18(13)22/h1-6,8-9H. The fraction of sp³-hybridized carbons (Fsp3) is 0. The lowest BCUT2D eigenvalue weighted by atomic mass is 9.95. The lowest BCUT2D eigenvalue weighted by Crippen LogP contribution is -1.93. The fourth-order valence-electron chi connectivity index (χ4n) is 2.41. The van der Waals surface area contributed by atoms with Crippen molar-refractivity contribution in [2.75, 3.05) is 0 Å². The van der Waals surface area contributed by atoms with Crippen molar-refractivity contribution < 1.29 is 0 Å². The largest absolute Gasteiger partial charge is 0.263 e. The Kier molecular flexibility index (Phi) is 4.99. The van der Waals surface area contributed by atoms with Crippen LogP contribution < -0.4 is 0 Å². The number of halogens is 4. The van der Waals surface area contributed by atoms with Crippen LogP contribution >= 0.6 is 46.4 Å². The van der Waals surface area contributed by atoms with Crippen LogP contribution in [0.5, 0.6) is 0 Å². The van der Waals surface area contributed by atoms with Crippen LogP contribution in [-0.2, 0) is 0 Å². The normalized spacial score (nSPS) is 10.5. The summed E-state index contributed by atoms with van der Waals surface area (Å²) in [6.07, 6.45) is 3.20. The summed E-state index contributed by atoms with van der Waals surface area (Å²) in [6.45, 7) is 0. The maximum Gasteiger partial charge on any atom is 0.101 e. The Labute approximate surface area is 159 Å². The minimum atomic E-state index is 0.429. The monoisotopic (exact) mass is 392 g/mol. The molecule has 1 aromatic heterocycles. The maximum atomic E-state index is 9.70. The molecule has 0 aliphatic rings. The van der Waals surface area contributed by atoms with Crippen LogP contribution in [0.2, 0.25) is 20.1 Å². The van der Waals surface area contributed by atoms with Gasteiger partial charge in [0.2, 0.25) is 0 Å². The molecule has 118 valence electrons. The van der Waals surface area contributed by atoms with Crippen molar-refractivity contribution in [3.05, 3.63) is 74.4 Å². The van der Waals surface area contributed by atoms with E-state index in [2.05, 4.69) is 11.1 Å². The quantitative estimate of drug-likeness (QED) is 0.474.